The van der Waals surface area contributed by atoms with Crippen LogP contribution in [-0.2, 0) is 23.7 Å². The Morgan fingerprint density at radius 3 is 2.60 bits per heavy atom. The Hall–Kier alpha value is -3.08. The number of H-pyrrole nitrogens is 1. The lowest BCUT2D eigenvalue weighted by Crippen LogP contribution is -2.42. The summed E-state index contributed by atoms with van der Waals surface area (Å²) in [7, 11) is 1.49. The Bertz CT molecular complexity index is 1000. The molecule has 0 spiro atoms. The topological polar surface area (TPSA) is 126 Å². The number of nitrogens with one attached hydrogen (secondary N) is 1. The first kappa shape index (κ1) is 21.6. The molecule has 1 N–H and O–H groups in total. The van der Waals surface area contributed by atoms with E-state index in [1.54, 1.807) is 30.3 Å². The Balaban J connectivity index is 1.94. The fraction of sp³-hybridized carbons (Fsp3) is 0.400. The lowest BCUT2D eigenvalue weighted by molar-refractivity contribution is -0.123. The smallest absolute Gasteiger partial charge is 0.338 e. The molecule has 0 saturated carbocycles. The van der Waals surface area contributed by atoms with Gasteiger partial charge in [-0.3, -0.25) is 14.3 Å². The van der Waals surface area contributed by atoms with Gasteiger partial charge in [-0.05, 0) is 19.1 Å². The number of aromatic amines is 1. The molecular formula is C20H22N2O8. The zero-order valence-electron chi connectivity index (χ0n) is 16.5. The highest BCUT2D eigenvalue weighted by atomic mass is 16.6. The molecule has 160 valence electrons. The van der Waals surface area contributed by atoms with Crippen LogP contribution in [-0.4, -0.2) is 60.4 Å². The van der Waals surface area contributed by atoms with Crippen molar-refractivity contribution in [3.05, 3.63) is 68.5 Å². The largest absolute Gasteiger partial charge is 0.453 e. The van der Waals surface area contributed by atoms with Crippen molar-refractivity contribution in [1.29, 1.82) is 0 Å². The average Bonchev–Trinajstić information content (AvgIpc) is 3.08. The summed E-state index contributed by atoms with van der Waals surface area (Å²) in [4.78, 5) is 50.4. The number of hydrogen-bond donors (Lipinski definition) is 1. The Morgan fingerprint density at radius 2 is 1.93 bits per heavy atom. The number of nitrogens with zero attached hydrogens (tertiary/aromatic N) is 1. The van der Waals surface area contributed by atoms with Gasteiger partial charge in [0.15, 0.2) is 24.7 Å². The summed E-state index contributed by atoms with van der Waals surface area (Å²) in [6.45, 7) is 1.85. The van der Waals surface area contributed by atoms with E-state index in [1.807, 2.05) is 0 Å². The zero-order valence-corrected chi connectivity index (χ0v) is 16.5. The summed E-state index contributed by atoms with van der Waals surface area (Å²) in [6.07, 6.45) is -2.59. The molecule has 10 nitrogen and oxygen atoms in total. The first-order valence-corrected chi connectivity index (χ1v) is 9.25. The average molecular weight is 418 g/mol. The highest BCUT2D eigenvalue weighted by Gasteiger charge is 2.49. The van der Waals surface area contributed by atoms with E-state index < -0.39 is 41.8 Å². The van der Waals surface area contributed by atoms with Crippen molar-refractivity contribution in [2.45, 2.75) is 31.5 Å². The van der Waals surface area contributed by atoms with Crippen molar-refractivity contribution in [3.8, 4) is 0 Å². The van der Waals surface area contributed by atoms with Crippen LogP contribution in [0.15, 0.2) is 46.1 Å². The van der Waals surface area contributed by atoms with Crippen molar-refractivity contribution in [3.63, 3.8) is 0 Å². The maximum Gasteiger partial charge on any atom is 0.338 e. The number of aromatic nitrogens is 2. The van der Waals surface area contributed by atoms with Gasteiger partial charge in [-0.1, -0.05) is 18.2 Å². The first-order valence-electron chi connectivity index (χ1n) is 9.25. The number of esters is 1. The van der Waals surface area contributed by atoms with Crippen LogP contribution >= 0.6 is 0 Å². The number of aldehydes is 1. The van der Waals surface area contributed by atoms with Crippen molar-refractivity contribution >= 4 is 12.3 Å². The predicted octanol–water partition coefficient (Wildman–Crippen LogP) is 0.199. The van der Waals surface area contributed by atoms with Crippen molar-refractivity contribution < 1.29 is 28.5 Å². The molecule has 0 radical (unpaired) electrons. The third-order valence-corrected chi connectivity index (χ3v) is 4.63. The molecule has 1 aromatic carbocycles. The Morgan fingerprint density at radius 1 is 1.20 bits per heavy atom. The second kappa shape index (κ2) is 9.61. The van der Waals surface area contributed by atoms with E-state index in [9.17, 15) is 19.2 Å². The molecule has 2 aromatic rings. The van der Waals surface area contributed by atoms with Crippen LogP contribution in [0.25, 0.3) is 0 Å². The van der Waals surface area contributed by atoms with Crippen LogP contribution < -0.4 is 11.2 Å². The van der Waals surface area contributed by atoms with Gasteiger partial charge in [0, 0.05) is 18.9 Å². The SMILES string of the molecule is COCCO[C@@H]1[C@H](OC(=O)c2ccccc2)[C@@H](C=O)O[C@H]1n1cc(C)c(=O)[nH]c1=O. The standard InChI is InChI=1S/C20H22N2O8/c1-12-10-22(20(26)21-17(12)24)18-16(28-9-8-27-2)15(14(11-23)29-18)30-19(25)13-6-4-3-5-7-13/h3-7,10-11,14-16,18H,8-9H2,1-2H3,(H,21,24,26)/t14-,15-,16-,18-/m1/s1. The van der Waals surface area contributed by atoms with Crippen molar-refractivity contribution in [2.75, 3.05) is 20.3 Å². The maximum atomic E-state index is 12.6. The number of methoxy groups -OCH3 is 1. The van der Waals surface area contributed by atoms with Crippen LogP contribution in [0.1, 0.15) is 22.1 Å². The van der Waals surface area contributed by atoms with Gasteiger partial charge in [0.25, 0.3) is 5.56 Å². The van der Waals surface area contributed by atoms with E-state index in [1.165, 1.54) is 20.2 Å². The minimum absolute atomic E-state index is 0.100. The first-order chi connectivity index (χ1) is 14.5. The van der Waals surface area contributed by atoms with E-state index >= 15 is 0 Å². The molecule has 0 aliphatic carbocycles. The fourth-order valence-corrected chi connectivity index (χ4v) is 3.12. The van der Waals surface area contributed by atoms with Crippen LogP contribution in [0.5, 0.6) is 0 Å². The number of ether oxygens (including phenoxy) is 4. The molecule has 0 bridgehead atoms. The van der Waals surface area contributed by atoms with Gasteiger partial charge >= 0.3 is 11.7 Å². The third kappa shape index (κ3) is 4.56. The van der Waals surface area contributed by atoms with Gasteiger partial charge in [-0.15, -0.1) is 0 Å². The van der Waals surface area contributed by atoms with Crippen LogP contribution in [0.4, 0.5) is 0 Å². The maximum absolute atomic E-state index is 12.6. The predicted molar refractivity (Wildman–Crippen MR) is 103 cm³/mol. The van der Waals surface area contributed by atoms with E-state index in [0.717, 1.165) is 4.57 Å². The summed E-state index contributed by atoms with van der Waals surface area (Å²) < 4.78 is 23.1. The lowest BCUT2D eigenvalue weighted by atomic mass is 10.1. The normalized spacial score (nSPS) is 23.3. The van der Waals surface area contributed by atoms with Crippen molar-refractivity contribution in [1.82, 2.24) is 9.55 Å². The molecular weight excluding hydrogens is 396 g/mol. The molecule has 30 heavy (non-hydrogen) atoms. The van der Waals surface area contributed by atoms with Gasteiger partial charge in [-0.25, -0.2) is 9.59 Å². The van der Waals surface area contributed by atoms with Gasteiger partial charge < -0.3 is 23.7 Å². The van der Waals surface area contributed by atoms with Crippen molar-refractivity contribution in [2.24, 2.45) is 0 Å². The number of carbonyl (C=O) groups excluding carboxylic acids is 2. The monoisotopic (exact) mass is 418 g/mol. The van der Waals surface area contributed by atoms with E-state index in [2.05, 4.69) is 4.98 Å². The second-order valence-corrected chi connectivity index (χ2v) is 6.67. The summed E-state index contributed by atoms with van der Waals surface area (Å²) in [5.74, 6) is -0.665. The molecule has 1 fully saturated rings. The van der Waals surface area contributed by atoms with Crippen LogP contribution in [0, 0.1) is 6.92 Å². The van der Waals surface area contributed by atoms with E-state index in [-0.39, 0.29) is 18.8 Å². The van der Waals surface area contributed by atoms with Gasteiger partial charge in [-0.2, -0.15) is 0 Å². The van der Waals surface area contributed by atoms with Gasteiger partial charge in [0.1, 0.15) is 6.10 Å². The van der Waals surface area contributed by atoms with E-state index in [0.29, 0.717) is 11.8 Å². The second-order valence-electron chi connectivity index (χ2n) is 6.67. The minimum Gasteiger partial charge on any atom is -0.453 e. The van der Waals surface area contributed by atoms with Crippen LogP contribution in [0.2, 0.25) is 0 Å². The van der Waals surface area contributed by atoms with Crippen LogP contribution in [0.3, 0.4) is 0 Å². The lowest BCUT2D eigenvalue weighted by Gasteiger charge is -2.24. The number of aryl methyl sites for hydroxylation is 1. The number of hydrogen-bond acceptors (Lipinski definition) is 8. The molecule has 0 unspecified atom stereocenters. The highest BCUT2D eigenvalue weighted by Crippen LogP contribution is 2.32. The Labute approximate surface area is 171 Å². The molecule has 10 heteroatoms. The highest BCUT2D eigenvalue weighted by molar-refractivity contribution is 5.89. The summed E-state index contributed by atoms with van der Waals surface area (Å²) in [5.41, 5.74) is -0.722. The molecule has 1 aliphatic heterocycles. The zero-order chi connectivity index (χ0) is 21.7. The summed E-state index contributed by atoms with van der Waals surface area (Å²) in [6, 6.07) is 8.25. The van der Waals surface area contributed by atoms with Gasteiger partial charge in [0.05, 0.1) is 18.8 Å². The summed E-state index contributed by atoms with van der Waals surface area (Å²) >= 11 is 0. The summed E-state index contributed by atoms with van der Waals surface area (Å²) in [5, 5.41) is 0. The molecule has 2 heterocycles. The molecule has 1 aromatic heterocycles. The molecule has 0 amide bonds. The molecule has 3 rings (SSSR count). The third-order valence-electron chi connectivity index (χ3n) is 4.63. The number of carbonyl (C=O) groups is 2. The molecule has 1 saturated heterocycles. The van der Waals surface area contributed by atoms with E-state index in [4.69, 9.17) is 18.9 Å². The van der Waals surface area contributed by atoms with Gasteiger partial charge in [0.2, 0.25) is 0 Å². The fourth-order valence-electron chi connectivity index (χ4n) is 3.12. The Kier molecular flexibility index (Phi) is 6.93. The molecule has 4 atom stereocenters. The number of rotatable bonds is 8. The quantitative estimate of drug-likeness (QED) is 0.366. The minimum atomic E-state index is -1.17. The molecule has 1 aliphatic rings. The number of benzene rings is 1.